The number of nitrogens with zero attached hydrogens (tertiary/aromatic N) is 6. The smallest absolute Gasteiger partial charge is 0.164 e. The second-order valence-electron chi connectivity index (χ2n) is 21.2. The Kier molecular flexibility index (Phi) is 22.1. The molecule has 6 nitrogen and oxygen atoms in total. The summed E-state index contributed by atoms with van der Waals surface area (Å²) in [5, 5.41) is 0. The van der Waals surface area contributed by atoms with Crippen molar-refractivity contribution in [2.75, 3.05) is 0 Å². The first-order chi connectivity index (χ1) is 36.3. The van der Waals surface area contributed by atoms with Crippen LogP contribution in [-0.2, 0) is 51.4 Å². The van der Waals surface area contributed by atoms with E-state index in [-0.39, 0.29) is 0 Å². The topological polar surface area (TPSA) is 77.3 Å². The van der Waals surface area contributed by atoms with Crippen molar-refractivity contribution in [1.29, 1.82) is 0 Å². The average molecular weight is 989 g/mol. The Labute approximate surface area is 447 Å². The third-order valence-electron chi connectivity index (χ3n) is 14.5. The van der Waals surface area contributed by atoms with Crippen LogP contribution in [0.15, 0.2) is 97.1 Å². The number of aryl methyl sites for hydroxylation is 8. The zero-order chi connectivity index (χ0) is 52.1. The summed E-state index contributed by atoms with van der Waals surface area (Å²) in [7, 11) is 0. The molecule has 0 amide bonds. The van der Waals surface area contributed by atoms with Gasteiger partial charge in [0.05, 0.1) is 0 Å². The maximum Gasteiger partial charge on any atom is 0.164 e. The zero-order valence-corrected chi connectivity index (χ0v) is 46.9. The van der Waals surface area contributed by atoms with Gasteiger partial charge in [-0.05, 0) is 196 Å². The molecule has 6 heteroatoms. The molecule has 390 valence electrons. The molecule has 2 heterocycles. The van der Waals surface area contributed by atoms with E-state index in [1.807, 2.05) is 0 Å². The molecule has 7 rings (SSSR count). The van der Waals surface area contributed by atoms with Gasteiger partial charge in [0.1, 0.15) is 0 Å². The summed E-state index contributed by atoms with van der Waals surface area (Å²) in [5.74, 6) is 4.25. The SMILES string of the molecule is CCCCc1cc(CCCC)cc(-c2nc(-c3ccc(-c4nc(-c5cc(CCCC)cc(CCCC)c5)nc(-c5cc(CCCC)cc(CCCC)c5)n4)cc3)nc(-c3cc(CCCC)cc(CCCC)c3)n2)c1. The molecule has 0 aliphatic rings. The fourth-order valence-electron chi connectivity index (χ4n) is 10.1. The van der Waals surface area contributed by atoms with E-state index in [4.69, 9.17) is 29.9 Å². The minimum Gasteiger partial charge on any atom is -0.208 e. The Morgan fingerprint density at radius 1 is 0.203 bits per heavy atom. The van der Waals surface area contributed by atoms with E-state index in [0.717, 1.165) is 211 Å². The Bertz CT molecular complexity index is 2380. The number of hydrogen-bond donors (Lipinski definition) is 0. The molecule has 0 atom stereocenters. The van der Waals surface area contributed by atoms with Gasteiger partial charge in [-0.25, -0.2) is 29.9 Å². The van der Waals surface area contributed by atoms with E-state index in [1.165, 1.54) is 44.5 Å². The molecule has 0 N–H and O–H groups in total. The molecule has 0 unspecified atom stereocenters. The molecule has 7 aromatic rings. The molecule has 2 aromatic heterocycles. The fourth-order valence-corrected chi connectivity index (χ4v) is 10.1. The minimum atomic E-state index is 0.670. The van der Waals surface area contributed by atoms with Crippen LogP contribution in [0.4, 0.5) is 0 Å². The highest BCUT2D eigenvalue weighted by atomic mass is 15.0. The molecule has 0 aliphatic carbocycles. The third kappa shape index (κ3) is 16.1. The second kappa shape index (κ2) is 29.3. The summed E-state index contributed by atoms with van der Waals surface area (Å²) in [6.07, 6.45) is 26.9. The van der Waals surface area contributed by atoms with Gasteiger partial charge in [0, 0.05) is 33.4 Å². The Balaban J connectivity index is 1.39. The maximum absolute atomic E-state index is 5.37. The second-order valence-corrected chi connectivity index (χ2v) is 21.2. The number of benzene rings is 5. The molecule has 0 aliphatic heterocycles. The van der Waals surface area contributed by atoms with Crippen LogP contribution in [0.2, 0.25) is 0 Å². The summed E-state index contributed by atoms with van der Waals surface area (Å²) in [6.45, 7) is 18.2. The van der Waals surface area contributed by atoms with Gasteiger partial charge in [-0.15, -0.1) is 0 Å². The lowest BCUT2D eigenvalue weighted by Gasteiger charge is -2.14. The van der Waals surface area contributed by atoms with E-state index < -0.39 is 0 Å². The van der Waals surface area contributed by atoms with Crippen LogP contribution in [0.3, 0.4) is 0 Å². The van der Waals surface area contributed by atoms with Gasteiger partial charge < -0.3 is 0 Å². The van der Waals surface area contributed by atoms with Crippen molar-refractivity contribution in [3.63, 3.8) is 0 Å². The molecule has 0 radical (unpaired) electrons. The number of hydrogen-bond acceptors (Lipinski definition) is 6. The fraction of sp³-hybridized carbons (Fsp3) is 0.471. The van der Waals surface area contributed by atoms with Gasteiger partial charge in [-0.1, -0.05) is 155 Å². The lowest BCUT2D eigenvalue weighted by Crippen LogP contribution is -2.03. The lowest BCUT2D eigenvalue weighted by atomic mass is 9.97. The Morgan fingerprint density at radius 3 is 0.500 bits per heavy atom. The summed E-state index contributed by atoms with van der Waals surface area (Å²) in [4.78, 5) is 32.1. The van der Waals surface area contributed by atoms with Gasteiger partial charge in [0.2, 0.25) is 0 Å². The van der Waals surface area contributed by atoms with E-state index in [9.17, 15) is 0 Å². The summed E-state index contributed by atoms with van der Waals surface area (Å²) in [6, 6.07) is 36.9. The highest BCUT2D eigenvalue weighted by Gasteiger charge is 2.19. The van der Waals surface area contributed by atoms with Crippen LogP contribution in [-0.4, -0.2) is 29.9 Å². The van der Waals surface area contributed by atoms with Crippen molar-refractivity contribution < 1.29 is 0 Å². The van der Waals surface area contributed by atoms with Gasteiger partial charge in [0.25, 0.3) is 0 Å². The van der Waals surface area contributed by atoms with Crippen LogP contribution in [0.5, 0.6) is 0 Å². The summed E-state index contributed by atoms with van der Waals surface area (Å²) >= 11 is 0. The largest absolute Gasteiger partial charge is 0.208 e. The van der Waals surface area contributed by atoms with E-state index in [1.54, 1.807) is 0 Å². The predicted molar refractivity (Wildman–Crippen MR) is 315 cm³/mol. The third-order valence-corrected chi connectivity index (χ3v) is 14.5. The minimum absolute atomic E-state index is 0.670. The summed E-state index contributed by atoms with van der Waals surface area (Å²) < 4.78 is 0. The lowest BCUT2D eigenvalue weighted by molar-refractivity contribution is 0.780. The monoisotopic (exact) mass is 989 g/mol. The normalized spacial score (nSPS) is 11.5. The number of rotatable bonds is 30. The predicted octanol–water partition coefficient (Wildman–Crippen LogP) is 18.8. The van der Waals surface area contributed by atoms with Crippen molar-refractivity contribution in [1.82, 2.24) is 29.9 Å². The quantitative estimate of drug-likeness (QED) is 0.0447. The van der Waals surface area contributed by atoms with Crippen LogP contribution >= 0.6 is 0 Å². The van der Waals surface area contributed by atoms with Crippen LogP contribution in [0, 0.1) is 0 Å². The van der Waals surface area contributed by atoms with Crippen molar-refractivity contribution >= 4 is 0 Å². The van der Waals surface area contributed by atoms with Gasteiger partial charge >= 0.3 is 0 Å². The van der Waals surface area contributed by atoms with Crippen molar-refractivity contribution in [3.8, 4) is 68.3 Å². The van der Waals surface area contributed by atoms with E-state index in [0.29, 0.717) is 11.6 Å². The van der Waals surface area contributed by atoms with Crippen LogP contribution in [0.25, 0.3) is 68.3 Å². The first-order valence-corrected chi connectivity index (χ1v) is 29.4. The highest BCUT2D eigenvalue weighted by molar-refractivity contribution is 5.72. The van der Waals surface area contributed by atoms with E-state index in [2.05, 4.69) is 152 Å². The number of unbranched alkanes of at least 4 members (excludes halogenated alkanes) is 8. The number of aromatic nitrogens is 6. The Hall–Kier alpha value is -5.88. The van der Waals surface area contributed by atoms with Gasteiger partial charge in [0.15, 0.2) is 34.9 Å². The van der Waals surface area contributed by atoms with Gasteiger partial charge in [-0.2, -0.15) is 0 Å². The molecule has 0 fully saturated rings. The Morgan fingerprint density at radius 2 is 0.351 bits per heavy atom. The standard InChI is InChI=1S/C68H88N6/c1-9-17-25-49-37-50(26-18-10-2)42-59(41-49)65-69-63(70-66(73-65)60-43-51(27-19-11-3)38-52(44-60)28-20-12-4)57-33-35-58(36-34-57)64-71-67(61-45-53(29-21-13-5)39-54(46-61)30-22-14-6)74-68(72-64)62-47-55(31-23-15-7)40-56(48-62)32-24-16-8/h33-48H,9-32H2,1-8H3. The maximum atomic E-state index is 5.37. The molecule has 0 saturated heterocycles. The molecule has 74 heavy (non-hydrogen) atoms. The molecule has 0 spiro atoms. The zero-order valence-electron chi connectivity index (χ0n) is 46.9. The molecular weight excluding hydrogens is 901 g/mol. The highest BCUT2D eigenvalue weighted by Crippen LogP contribution is 2.33. The van der Waals surface area contributed by atoms with Crippen LogP contribution in [0.1, 0.15) is 203 Å². The van der Waals surface area contributed by atoms with Crippen LogP contribution < -0.4 is 0 Å². The first-order valence-electron chi connectivity index (χ1n) is 29.4. The van der Waals surface area contributed by atoms with Crippen molar-refractivity contribution in [2.24, 2.45) is 0 Å². The molecular formula is C68H88N6. The molecule has 0 bridgehead atoms. The van der Waals surface area contributed by atoms with E-state index >= 15 is 0 Å². The van der Waals surface area contributed by atoms with Crippen molar-refractivity contribution in [3.05, 3.63) is 142 Å². The molecule has 5 aromatic carbocycles. The molecule has 0 saturated carbocycles. The van der Waals surface area contributed by atoms with Crippen molar-refractivity contribution in [2.45, 2.75) is 209 Å². The van der Waals surface area contributed by atoms with Gasteiger partial charge in [-0.3, -0.25) is 0 Å². The first kappa shape index (κ1) is 55.9. The summed E-state index contributed by atoms with van der Waals surface area (Å²) in [5.41, 5.74) is 17.0. The average Bonchev–Trinajstić information content (AvgIpc) is 3.44.